The van der Waals surface area contributed by atoms with Crippen molar-refractivity contribution in [2.45, 2.75) is 0 Å². The van der Waals surface area contributed by atoms with Gasteiger partial charge in [-0.2, -0.15) is 0 Å². The number of hydrogen-bond acceptors (Lipinski definition) is 6. The van der Waals surface area contributed by atoms with E-state index in [1.54, 1.807) is 42.7 Å². The van der Waals surface area contributed by atoms with E-state index in [1.807, 2.05) is 97.6 Å². The van der Waals surface area contributed by atoms with Gasteiger partial charge in [0.15, 0.2) is 47.8 Å². The summed E-state index contributed by atoms with van der Waals surface area (Å²) in [5.41, 5.74) is 4.18. The van der Waals surface area contributed by atoms with Gasteiger partial charge in [-0.1, -0.05) is 24.3 Å². The lowest BCUT2D eigenvalue weighted by Gasteiger charge is -2.12. The van der Waals surface area contributed by atoms with E-state index in [0.29, 0.717) is 34.5 Å². The summed E-state index contributed by atoms with van der Waals surface area (Å²) >= 11 is 0. The average Bonchev–Trinajstić information content (AvgIpc) is 3.02. The van der Waals surface area contributed by atoms with E-state index in [9.17, 15) is 0 Å². The highest BCUT2D eigenvalue weighted by molar-refractivity contribution is 5.73. The van der Waals surface area contributed by atoms with Crippen LogP contribution in [0.4, 0.5) is 0 Å². The molecule has 0 aliphatic heterocycles. The van der Waals surface area contributed by atoms with Gasteiger partial charge in [0.2, 0.25) is 11.5 Å². The third-order valence-electron chi connectivity index (χ3n) is 5.80. The summed E-state index contributed by atoms with van der Waals surface area (Å²) in [6.07, 6.45) is 15.6. The van der Waals surface area contributed by atoms with Crippen molar-refractivity contribution in [2.75, 3.05) is 42.7 Å². The smallest absolute Gasteiger partial charge is 0.203 e. The Bertz CT molecular complexity index is 1260. The van der Waals surface area contributed by atoms with Gasteiger partial charge >= 0.3 is 0 Å². The molecule has 2 N–H and O–H groups in total. The van der Waals surface area contributed by atoms with Crippen molar-refractivity contribution in [3.63, 3.8) is 0 Å². The summed E-state index contributed by atoms with van der Waals surface area (Å²) in [4.78, 5) is 5.98. The first-order valence-corrected chi connectivity index (χ1v) is 12.4. The lowest BCUT2D eigenvalue weighted by molar-refractivity contribution is -0.378. The topological polar surface area (TPSA) is 83.7 Å². The van der Waals surface area contributed by atoms with Gasteiger partial charge in [0.1, 0.15) is 0 Å². The van der Waals surface area contributed by atoms with Crippen molar-refractivity contribution in [3.05, 3.63) is 95.6 Å². The normalized spacial score (nSPS) is 10.0. The molecule has 0 saturated carbocycles. The fourth-order valence-electron chi connectivity index (χ4n) is 3.80. The number of rotatable bonds is 10. The highest BCUT2D eigenvalue weighted by Crippen LogP contribution is 2.39. The molecular weight excluding hydrogens is 579 g/mol. The standard InChI is InChI=1S/2C16H17NO3.2ClH/c2*1-18-14-10-13(11-15(19-2)16(14)20-3)5-4-12-6-8-17-9-7-12;;/h2*4-11H,1-3H3;2*1H/b2*5-4+;;. The van der Waals surface area contributed by atoms with Crippen molar-refractivity contribution in [3.8, 4) is 34.5 Å². The monoisotopic (exact) mass is 614 g/mol. The van der Waals surface area contributed by atoms with Crippen LogP contribution < -0.4 is 63.2 Å². The van der Waals surface area contributed by atoms with E-state index < -0.39 is 0 Å². The SMILES string of the molecule is COc1cc(/C=C/c2cc[nH+]cc2)cc(OC)c1OC.COc1cc(/C=C/c2cc[nH+]cc2)cc(OC)c1OC.[Cl-].[Cl-]. The zero-order valence-corrected chi connectivity index (χ0v) is 26.0. The number of halogens is 2. The second-order valence-corrected chi connectivity index (χ2v) is 8.25. The Hall–Kier alpha value is -4.40. The van der Waals surface area contributed by atoms with Gasteiger partial charge in [-0.25, -0.2) is 9.97 Å². The van der Waals surface area contributed by atoms with Crippen LogP contribution in [0.25, 0.3) is 24.3 Å². The predicted molar refractivity (Wildman–Crippen MR) is 156 cm³/mol. The Balaban J connectivity index is 0.000000401. The molecule has 0 bridgehead atoms. The minimum atomic E-state index is 0. The first-order chi connectivity index (χ1) is 19.6. The molecule has 4 rings (SSSR count). The Kier molecular flexibility index (Phi) is 16.0. The second-order valence-electron chi connectivity index (χ2n) is 8.25. The van der Waals surface area contributed by atoms with Crippen molar-refractivity contribution in [1.82, 2.24) is 0 Å². The zero-order valence-electron chi connectivity index (χ0n) is 24.4. The van der Waals surface area contributed by atoms with Crippen LogP contribution in [0.3, 0.4) is 0 Å². The lowest BCUT2D eigenvalue weighted by Crippen LogP contribution is -3.00. The van der Waals surface area contributed by atoms with Crippen LogP contribution in [0.2, 0.25) is 0 Å². The van der Waals surface area contributed by atoms with Gasteiger partial charge in [-0.05, 0) is 46.5 Å². The number of aromatic amines is 2. The molecule has 0 fully saturated rings. The number of hydrogen-bond donors (Lipinski definition) is 0. The fourth-order valence-corrected chi connectivity index (χ4v) is 3.80. The zero-order chi connectivity index (χ0) is 28.7. The molecular formula is C32H36Cl2N2O6. The Labute approximate surface area is 259 Å². The highest BCUT2D eigenvalue weighted by atomic mass is 35.5. The van der Waals surface area contributed by atoms with Crippen LogP contribution in [-0.2, 0) is 0 Å². The number of nitrogens with one attached hydrogen (secondary N) is 2. The van der Waals surface area contributed by atoms with Crippen molar-refractivity contribution < 1.29 is 63.2 Å². The predicted octanol–water partition coefficient (Wildman–Crippen LogP) is -0.598. The Morgan fingerprint density at radius 3 is 0.905 bits per heavy atom. The lowest BCUT2D eigenvalue weighted by atomic mass is 10.1. The maximum absolute atomic E-state index is 5.33. The van der Waals surface area contributed by atoms with Crippen molar-refractivity contribution in [2.24, 2.45) is 0 Å². The molecule has 0 atom stereocenters. The van der Waals surface area contributed by atoms with E-state index >= 15 is 0 Å². The van der Waals surface area contributed by atoms with Crippen LogP contribution in [0.5, 0.6) is 34.5 Å². The Morgan fingerprint density at radius 1 is 0.405 bits per heavy atom. The van der Waals surface area contributed by atoms with Gasteiger partial charge in [0.05, 0.1) is 42.7 Å². The summed E-state index contributed by atoms with van der Waals surface area (Å²) in [6, 6.07) is 15.6. The number of aromatic nitrogens is 2. The minimum Gasteiger partial charge on any atom is -1.00 e. The molecule has 0 saturated heterocycles. The number of methoxy groups -OCH3 is 6. The minimum absolute atomic E-state index is 0. The fraction of sp³-hybridized carbons (Fsp3) is 0.188. The number of H-pyrrole nitrogens is 2. The molecule has 0 aliphatic carbocycles. The van der Waals surface area contributed by atoms with Gasteiger partial charge in [-0.15, -0.1) is 0 Å². The van der Waals surface area contributed by atoms with Gasteiger partial charge in [0, 0.05) is 24.3 Å². The largest absolute Gasteiger partial charge is 1.00 e. The van der Waals surface area contributed by atoms with Crippen LogP contribution in [-0.4, -0.2) is 42.7 Å². The van der Waals surface area contributed by atoms with Crippen LogP contribution in [0, 0.1) is 0 Å². The quantitative estimate of drug-likeness (QED) is 0.237. The molecule has 0 amide bonds. The second kappa shape index (κ2) is 18.9. The number of benzene rings is 2. The van der Waals surface area contributed by atoms with Gasteiger partial charge in [-0.3, -0.25) is 0 Å². The third-order valence-corrected chi connectivity index (χ3v) is 5.80. The average molecular weight is 616 g/mol. The van der Waals surface area contributed by atoms with Crippen LogP contribution in [0.1, 0.15) is 22.3 Å². The molecule has 10 heteroatoms. The molecule has 2 heterocycles. The molecule has 42 heavy (non-hydrogen) atoms. The van der Waals surface area contributed by atoms with Gasteiger partial charge in [0.25, 0.3) is 0 Å². The van der Waals surface area contributed by atoms with Crippen LogP contribution >= 0.6 is 0 Å². The molecule has 2 aromatic heterocycles. The number of ether oxygens (including phenoxy) is 6. The summed E-state index contributed by atoms with van der Waals surface area (Å²) in [6.45, 7) is 0. The molecule has 0 spiro atoms. The molecule has 8 nitrogen and oxygen atoms in total. The van der Waals surface area contributed by atoms with Crippen molar-refractivity contribution in [1.29, 1.82) is 0 Å². The van der Waals surface area contributed by atoms with Crippen LogP contribution in [0.15, 0.2) is 73.3 Å². The highest BCUT2D eigenvalue weighted by Gasteiger charge is 2.13. The summed E-state index contributed by atoms with van der Waals surface area (Å²) in [5, 5.41) is 0. The molecule has 0 unspecified atom stereocenters. The van der Waals surface area contributed by atoms with Gasteiger partial charge < -0.3 is 53.2 Å². The van der Waals surface area contributed by atoms with Crippen molar-refractivity contribution >= 4 is 24.3 Å². The summed E-state index contributed by atoms with van der Waals surface area (Å²) in [7, 11) is 9.62. The Morgan fingerprint density at radius 2 is 0.667 bits per heavy atom. The van der Waals surface area contributed by atoms with E-state index in [-0.39, 0.29) is 24.8 Å². The maximum Gasteiger partial charge on any atom is 0.203 e. The molecule has 0 aliphatic rings. The molecule has 4 aromatic rings. The van der Waals surface area contributed by atoms with E-state index in [1.165, 1.54) is 0 Å². The first-order valence-electron chi connectivity index (χ1n) is 12.4. The molecule has 2 aromatic carbocycles. The van der Waals surface area contributed by atoms with E-state index in [4.69, 9.17) is 28.4 Å². The molecule has 0 radical (unpaired) electrons. The first kappa shape index (κ1) is 35.6. The summed E-state index contributed by atoms with van der Waals surface area (Å²) in [5.74, 6) is 3.78. The van der Waals surface area contributed by atoms with E-state index in [0.717, 1.165) is 22.3 Å². The third kappa shape index (κ3) is 9.90. The number of pyridine rings is 2. The maximum atomic E-state index is 5.33. The molecule has 224 valence electrons. The summed E-state index contributed by atoms with van der Waals surface area (Å²) < 4.78 is 31.9. The van der Waals surface area contributed by atoms with E-state index in [2.05, 4.69) is 9.97 Å².